The van der Waals surface area contributed by atoms with Gasteiger partial charge in [0, 0.05) is 11.1 Å². The second-order valence-corrected chi connectivity index (χ2v) is 3.54. The molecule has 0 spiro atoms. The third-order valence-corrected chi connectivity index (χ3v) is 2.02. The number of nitrogens with zero attached hydrogens (tertiary/aromatic N) is 1. The van der Waals surface area contributed by atoms with Gasteiger partial charge in [0.05, 0.1) is 5.51 Å². The van der Waals surface area contributed by atoms with Crippen molar-refractivity contribution in [2.24, 2.45) is 0 Å². The number of phenols is 1. The van der Waals surface area contributed by atoms with Crippen LogP contribution in [0, 0.1) is 6.92 Å². The maximum Gasteiger partial charge on any atom is 0.115 e. The number of aromatic hydroxyl groups is 1. The Balaban J connectivity index is 0.000000132. The first-order valence-corrected chi connectivity index (χ1v) is 4.76. The quantitative estimate of drug-likeness (QED) is 0.698. The molecule has 0 saturated carbocycles. The van der Waals surface area contributed by atoms with Crippen LogP contribution in [0.1, 0.15) is 4.88 Å². The zero-order valence-corrected chi connectivity index (χ0v) is 8.16. The topological polar surface area (TPSA) is 33.1 Å². The predicted octanol–water partition coefficient (Wildman–Crippen LogP) is 2.84. The zero-order chi connectivity index (χ0) is 9.52. The van der Waals surface area contributed by atoms with Crippen LogP contribution in [0.15, 0.2) is 42.0 Å². The first-order chi connectivity index (χ1) is 6.29. The molecule has 13 heavy (non-hydrogen) atoms. The van der Waals surface area contributed by atoms with Crippen LogP contribution in [0.4, 0.5) is 0 Å². The minimum atomic E-state index is 0.322. The van der Waals surface area contributed by atoms with Crippen molar-refractivity contribution < 1.29 is 5.11 Å². The van der Waals surface area contributed by atoms with E-state index in [1.54, 1.807) is 35.6 Å². The summed E-state index contributed by atoms with van der Waals surface area (Å²) in [6, 6.07) is 8.71. The van der Waals surface area contributed by atoms with Crippen LogP contribution in [-0.2, 0) is 0 Å². The summed E-state index contributed by atoms with van der Waals surface area (Å²) in [6.07, 6.45) is 1.85. The fourth-order valence-electron chi connectivity index (χ4n) is 0.707. The highest BCUT2D eigenvalue weighted by atomic mass is 32.1. The van der Waals surface area contributed by atoms with E-state index in [1.807, 2.05) is 24.7 Å². The molecule has 0 saturated heterocycles. The molecule has 0 radical (unpaired) electrons. The van der Waals surface area contributed by atoms with Crippen molar-refractivity contribution in [1.82, 2.24) is 4.98 Å². The molecule has 0 unspecified atom stereocenters. The van der Waals surface area contributed by atoms with Crippen molar-refractivity contribution in [3.05, 3.63) is 46.9 Å². The summed E-state index contributed by atoms with van der Waals surface area (Å²) in [5.74, 6) is 0.322. The molecule has 0 bridgehead atoms. The summed E-state index contributed by atoms with van der Waals surface area (Å²) in [6.45, 7) is 2.04. The monoisotopic (exact) mass is 193 g/mol. The van der Waals surface area contributed by atoms with E-state index in [2.05, 4.69) is 4.98 Å². The smallest absolute Gasteiger partial charge is 0.115 e. The van der Waals surface area contributed by atoms with E-state index in [0.29, 0.717) is 5.75 Å². The van der Waals surface area contributed by atoms with Gasteiger partial charge >= 0.3 is 0 Å². The fraction of sp³-hybridized carbons (Fsp3) is 0.100. The van der Waals surface area contributed by atoms with Crippen molar-refractivity contribution >= 4 is 11.3 Å². The lowest BCUT2D eigenvalue weighted by Crippen LogP contribution is -1.56. The van der Waals surface area contributed by atoms with Gasteiger partial charge in [-0.2, -0.15) is 0 Å². The normalized spacial score (nSPS) is 8.69. The summed E-state index contributed by atoms with van der Waals surface area (Å²) in [4.78, 5) is 5.11. The van der Waals surface area contributed by atoms with E-state index in [9.17, 15) is 0 Å². The van der Waals surface area contributed by atoms with Gasteiger partial charge in [-0.3, -0.25) is 4.98 Å². The average molecular weight is 193 g/mol. The molecule has 0 fully saturated rings. The van der Waals surface area contributed by atoms with Crippen LogP contribution in [0.2, 0.25) is 0 Å². The molecular weight excluding hydrogens is 182 g/mol. The standard InChI is InChI=1S/C6H6O.C4H5NS/c7-6-4-2-1-3-5-6;1-4-2-5-3-6-4/h1-5,7H;2-3H,1H3. The highest BCUT2D eigenvalue weighted by molar-refractivity contribution is 7.09. The zero-order valence-electron chi connectivity index (χ0n) is 7.34. The minimum Gasteiger partial charge on any atom is -0.508 e. The number of phenolic OH excluding ortho intramolecular Hbond substituents is 1. The summed E-state index contributed by atoms with van der Waals surface area (Å²) in [7, 11) is 0. The minimum absolute atomic E-state index is 0.322. The Morgan fingerprint density at radius 2 is 1.92 bits per heavy atom. The molecule has 1 aromatic carbocycles. The Morgan fingerprint density at radius 1 is 1.23 bits per heavy atom. The van der Waals surface area contributed by atoms with Gasteiger partial charge < -0.3 is 5.11 Å². The van der Waals surface area contributed by atoms with Crippen LogP contribution < -0.4 is 0 Å². The van der Waals surface area contributed by atoms with Gasteiger partial charge in [-0.05, 0) is 19.1 Å². The highest BCUT2D eigenvalue weighted by Gasteiger charge is 1.76. The Kier molecular flexibility index (Phi) is 3.99. The molecule has 2 nitrogen and oxygen atoms in total. The lowest BCUT2D eigenvalue weighted by atomic mass is 10.3. The summed E-state index contributed by atoms with van der Waals surface area (Å²) >= 11 is 1.67. The van der Waals surface area contributed by atoms with E-state index in [1.165, 1.54) is 4.88 Å². The maximum atomic E-state index is 8.63. The number of thiazole rings is 1. The molecule has 0 aliphatic heterocycles. The molecule has 1 aromatic heterocycles. The first-order valence-electron chi connectivity index (χ1n) is 3.88. The summed E-state index contributed by atoms with van der Waals surface area (Å²) < 4.78 is 0. The molecule has 1 N–H and O–H groups in total. The van der Waals surface area contributed by atoms with Crippen molar-refractivity contribution in [1.29, 1.82) is 0 Å². The Morgan fingerprint density at radius 3 is 2.15 bits per heavy atom. The van der Waals surface area contributed by atoms with Crippen molar-refractivity contribution in [3.8, 4) is 5.75 Å². The van der Waals surface area contributed by atoms with Gasteiger partial charge in [-0.25, -0.2) is 0 Å². The van der Waals surface area contributed by atoms with Crippen LogP contribution in [0.25, 0.3) is 0 Å². The number of aromatic nitrogens is 1. The third kappa shape index (κ3) is 4.28. The number of benzene rings is 1. The highest BCUT2D eigenvalue weighted by Crippen LogP contribution is 2.02. The van der Waals surface area contributed by atoms with Crippen molar-refractivity contribution in [2.45, 2.75) is 6.92 Å². The second kappa shape index (κ2) is 5.32. The molecule has 0 aliphatic rings. The average Bonchev–Trinajstić information content (AvgIpc) is 2.58. The molecular formula is C10H11NOS. The molecule has 3 heteroatoms. The first kappa shape index (κ1) is 9.74. The van der Waals surface area contributed by atoms with E-state index >= 15 is 0 Å². The van der Waals surface area contributed by atoms with Crippen molar-refractivity contribution in [2.75, 3.05) is 0 Å². The Labute approximate surface area is 81.5 Å². The number of hydrogen-bond acceptors (Lipinski definition) is 3. The third-order valence-electron chi connectivity index (χ3n) is 1.31. The largest absolute Gasteiger partial charge is 0.508 e. The van der Waals surface area contributed by atoms with E-state index in [0.717, 1.165) is 0 Å². The van der Waals surface area contributed by atoms with E-state index in [4.69, 9.17) is 5.11 Å². The lowest BCUT2D eigenvalue weighted by Gasteiger charge is -1.82. The van der Waals surface area contributed by atoms with Gasteiger partial charge in [-0.1, -0.05) is 18.2 Å². The number of para-hydroxylation sites is 1. The number of rotatable bonds is 0. The Bertz CT molecular complexity index is 318. The van der Waals surface area contributed by atoms with Gasteiger partial charge in [0.1, 0.15) is 5.75 Å². The number of hydrogen-bond donors (Lipinski definition) is 1. The van der Waals surface area contributed by atoms with Crippen LogP contribution in [0.3, 0.4) is 0 Å². The van der Waals surface area contributed by atoms with Gasteiger partial charge in [0.15, 0.2) is 0 Å². The van der Waals surface area contributed by atoms with Gasteiger partial charge in [-0.15, -0.1) is 11.3 Å². The SMILES string of the molecule is Cc1cncs1.Oc1ccccc1. The molecule has 1 heterocycles. The second-order valence-electron chi connectivity index (χ2n) is 2.45. The van der Waals surface area contributed by atoms with Crippen LogP contribution >= 0.6 is 11.3 Å². The number of aryl methyl sites for hydroxylation is 1. The molecule has 0 aliphatic carbocycles. The van der Waals surface area contributed by atoms with Crippen molar-refractivity contribution in [3.63, 3.8) is 0 Å². The molecule has 68 valence electrons. The predicted molar refractivity (Wildman–Crippen MR) is 55.0 cm³/mol. The summed E-state index contributed by atoms with van der Waals surface area (Å²) in [5.41, 5.74) is 1.83. The maximum absolute atomic E-state index is 8.63. The van der Waals surface area contributed by atoms with E-state index in [-0.39, 0.29) is 0 Å². The van der Waals surface area contributed by atoms with Crippen LogP contribution in [-0.4, -0.2) is 10.1 Å². The van der Waals surface area contributed by atoms with Gasteiger partial charge in [0.2, 0.25) is 0 Å². The molecule has 2 aromatic rings. The lowest BCUT2D eigenvalue weighted by molar-refractivity contribution is 0.475. The molecule has 0 atom stereocenters. The fourth-order valence-corrected chi connectivity index (χ4v) is 1.12. The molecule has 2 rings (SSSR count). The van der Waals surface area contributed by atoms with Crippen LogP contribution in [0.5, 0.6) is 5.75 Å². The summed E-state index contributed by atoms with van der Waals surface area (Å²) in [5, 5.41) is 8.63. The van der Waals surface area contributed by atoms with E-state index < -0.39 is 0 Å². The van der Waals surface area contributed by atoms with Gasteiger partial charge in [0.25, 0.3) is 0 Å². The Hall–Kier alpha value is -1.35. The molecule has 0 amide bonds.